The molecule has 1 N–H and O–H groups in total. The zero-order valence-corrected chi connectivity index (χ0v) is 16.5. The van der Waals surface area contributed by atoms with Crippen LogP contribution in [0.5, 0.6) is 0 Å². The molecule has 0 radical (unpaired) electrons. The molecule has 3 heterocycles. The second-order valence-corrected chi connectivity index (χ2v) is 8.09. The van der Waals surface area contributed by atoms with Gasteiger partial charge in [0.05, 0.1) is 23.7 Å². The molecule has 1 saturated heterocycles. The Balaban J connectivity index is 0.00000208. The van der Waals surface area contributed by atoms with Gasteiger partial charge in [-0.25, -0.2) is 4.98 Å². The molecule has 2 unspecified atom stereocenters. The molecule has 0 aliphatic carbocycles. The maximum Gasteiger partial charge on any atom is 0.231 e. The van der Waals surface area contributed by atoms with E-state index < -0.39 is 0 Å². The number of aromatic nitrogens is 1. The topological polar surface area (TPSA) is 45.2 Å². The number of carbonyl (C=O) groups excluding carboxylic acids is 1. The van der Waals surface area contributed by atoms with Crippen LogP contribution in [0.4, 0.5) is 0 Å². The summed E-state index contributed by atoms with van der Waals surface area (Å²) in [7, 11) is 0. The van der Waals surface area contributed by atoms with Crippen LogP contribution < -0.4 is 5.32 Å². The zero-order valence-electron chi connectivity index (χ0n) is 14.0. The van der Waals surface area contributed by atoms with Gasteiger partial charge in [0.2, 0.25) is 5.91 Å². The summed E-state index contributed by atoms with van der Waals surface area (Å²) in [6.07, 6.45) is 1.15. The van der Waals surface area contributed by atoms with Crippen molar-refractivity contribution in [2.45, 2.75) is 32.7 Å². The molecule has 0 aromatic carbocycles. The predicted molar refractivity (Wildman–Crippen MR) is 103 cm³/mol. The van der Waals surface area contributed by atoms with Gasteiger partial charge in [0.25, 0.3) is 0 Å². The summed E-state index contributed by atoms with van der Waals surface area (Å²) in [6, 6.07) is 4.07. The third-order valence-electron chi connectivity index (χ3n) is 4.47. The van der Waals surface area contributed by atoms with Gasteiger partial charge in [-0.3, -0.25) is 4.79 Å². The van der Waals surface area contributed by atoms with Crippen molar-refractivity contribution >= 4 is 41.0 Å². The molecule has 1 amide bonds. The third-order valence-corrected chi connectivity index (χ3v) is 6.45. The minimum absolute atomic E-state index is 0. The Kier molecular flexibility index (Phi) is 7.22. The number of nitrogens with zero attached hydrogens (tertiary/aromatic N) is 2. The predicted octanol–water partition coefficient (Wildman–Crippen LogP) is 3.68. The number of carbonyl (C=O) groups is 1. The van der Waals surface area contributed by atoms with Gasteiger partial charge >= 0.3 is 0 Å². The Morgan fingerprint density at radius 2 is 2.33 bits per heavy atom. The van der Waals surface area contributed by atoms with Crippen LogP contribution in [-0.4, -0.2) is 35.4 Å². The average Bonchev–Trinajstić information content (AvgIpc) is 3.28. The lowest BCUT2D eigenvalue weighted by molar-refractivity contribution is -0.133. The lowest BCUT2D eigenvalue weighted by Gasteiger charge is -2.27. The maximum absolute atomic E-state index is 13.1. The average molecular weight is 386 g/mol. The molecule has 1 aliphatic rings. The summed E-state index contributed by atoms with van der Waals surface area (Å²) in [5, 5.41) is 5.44. The van der Waals surface area contributed by atoms with Gasteiger partial charge < -0.3 is 10.2 Å². The third kappa shape index (κ3) is 4.57. The summed E-state index contributed by atoms with van der Waals surface area (Å²) in [6.45, 7) is 7.63. The second-order valence-electron chi connectivity index (χ2n) is 6.18. The van der Waals surface area contributed by atoms with Crippen molar-refractivity contribution in [2.75, 3.05) is 19.6 Å². The van der Waals surface area contributed by atoms with E-state index in [-0.39, 0.29) is 24.2 Å². The van der Waals surface area contributed by atoms with Crippen molar-refractivity contribution in [2.24, 2.45) is 5.92 Å². The lowest BCUT2D eigenvalue weighted by Crippen LogP contribution is -2.37. The number of thiophene rings is 1. The molecule has 1 aliphatic heterocycles. The first-order valence-corrected chi connectivity index (χ1v) is 9.83. The van der Waals surface area contributed by atoms with Gasteiger partial charge in [-0.05, 0) is 50.7 Å². The molecule has 7 heteroatoms. The van der Waals surface area contributed by atoms with Crippen molar-refractivity contribution in [3.63, 3.8) is 0 Å². The lowest BCUT2D eigenvalue weighted by atomic mass is 10.0. The standard InChI is InChI=1S/C17H23N3OS2.ClH/c1-12(15-4-3-7-22-15)17(21)20(9-14-5-6-18-8-14)10-16-13(2)19-11-23-16;/h3-4,7,11-12,14,18H,5-6,8-10H2,1-2H3;1H. The van der Waals surface area contributed by atoms with Crippen molar-refractivity contribution in [3.05, 3.63) is 38.5 Å². The van der Waals surface area contributed by atoms with Crippen LogP contribution in [0.2, 0.25) is 0 Å². The molecular weight excluding hydrogens is 362 g/mol. The summed E-state index contributed by atoms with van der Waals surface area (Å²) in [4.78, 5) is 21.8. The maximum atomic E-state index is 13.1. The number of rotatable bonds is 6. The van der Waals surface area contributed by atoms with Crippen molar-refractivity contribution in [1.29, 1.82) is 0 Å². The minimum atomic E-state index is -0.0717. The van der Waals surface area contributed by atoms with Crippen molar-refractivity contribution in [1.82, 2.24) is 15.2 Å². The summed E-state index contributed by atoms with van der Waals surface area (Å²) < 4.78 is 0. The van der Waals surface area contributed by atoms with E-state index in [1.807, 2.05) is 35.7 Å². The molecule has 0 spiro atoms. The van der Waals surface area contributed by atoms with Crippen LogP contribution in [0.25, 0.3) is 0 Å². The number of amides is 1. The quantitative estimate of drug-likeness (QED) is 0.824. The Hall–Kier alpha value is -0.950. The van der Waals surface area contributed by atoms with Crippen molar-refractivity contribution in [3.8, 4) is 0 Å². The van der Waals surface area contributed by atoms with Crippen LogP contribution in [-0.2, 0) is 11.3 Å². The molecule has 132 valence electrons. The van der Waals surface area contributed by atoms with Gasteiger partial charge in [-0.1, -0.05) is 6.07 Å². The van der Waals surface area contributed by atoms with Crippen LogP contribution in [0.1, 0.15) is 34.7 Å². The van der Waals surface area contributed by atoms with E-state index in [9.17, 15) is 4.79 Å². The molecule has 3 rings (SSSR count). The highest BCUT2D eigenvalue weighted by molar-refractivity contribution is 7.10. The van der Waals surface area contributed by atoms with Crippen LogP contribution in [0, 0.1) is 12.8 Å². The number of nitrogens with one attached hydrogen (secondary N) is 1. The first kappa shape index (κ1) is 19.4. The van der Waals surface area contributed by atoms with E-state index in [0.29, 0.717) is 12.5 Å². The highest BCUT2D eigenvalue weighted by Crippen LogP contribution is 2.26. The van der Waals surface area contributed by atoms with Gasteiger partial charge in [-0.15, -0.1) is 35.1 Å². The van der Waals surface area contributed by atoms with Gasteiger partial charge in [-0.2, -0.15) is 0 Å². The van der Waals surface area contributed by atoms with E-state index in [4.69, 9.17) is 0 Å². The number of halogens is 1. The van der Waals surface area contributed by atoms with Crippen molar-refractivity contribution < 1.29 is 4.79 Å². The Labute approximate surface area is 157 Å². The van der Waals surface area contributed by atoms with Crippen LogP contribution in [0.15, 0.2) is 23.0 Å². The smallest absolute Gasteiger partial charge is 0.231 e. The SMILES string of the molecule is Cc1ncsc1CN(CC1CCNC1)C(=O)C(C)c1cccs1.Cl. The zero-order chi connectivity index (χ0) is 16.2. The van der Waals surface area contributed by atoms with E-state index in [0.717, 1.165) is 36.6 Å². The van der Waals surface area contributed by atoms with E-state index in [2.05, 4.69) is 16.4 Å². The highest BCUT2D eigenvalue weighted by Gasteiger charge is 2.27. The first-order chi connectivity index (χ1) is 11.1. The number of hydrogen-bond acceptors (Lipinski definition) is 5. The normalized spacial score (nSPS) is 18.2. The minimum Gasteiger partial charge on any atom is -0.337 e. The first-order valence-electron chi connectivity index (χ1n) is 8.07. The molecule has 1 fully saturated rings. The molecule has 2 aromatic rings. The van der Waals surface area contributed by atoms with Gasteiger partial charge in [0, 0.05) is 16.3 Å². The molecule has 0 bridgehead atoms. The number of thiazole rings is 1. The molecule has 2 aromatic heterocycles. The largest absolute Gasteiger partial charge is 0.337 e. The molecule has 2 atom stereocenters. The molecular formula is C17H24ClN3OS2. The molecule has 0 saturated carbocycles. The van der Waals surface area contributed by atoms with E-state index in [1.165, 1.54) is 4.88 Å². The molecule has 4 nitrogen and oxygen atoms in total. The summed E-state index contributed by atoms with van der Waals surface area (Å²) in [5.74, 6) is 0.715. The molecule has 24 heavy (non-hydrogen) atoms. The fraction of sp³-hybridized carbons (Fsp3) is 0.529. The summed E-state index contributed by atoms with van der Waals surface area (Å²) >= 11 is 3.31. The fourth-order valence-corrected chi connectivity index (χ4v) is 4.57. The van der Waals surface area contributed by atoms with E-state index >= 15 is 0 Å². The number of aryl methyl sites for hydroxylation is 1. The van der Waals surface area contributed by atoms with Crippen LogP contribution >= 0.6 is 35.1 Å². The highest BCUT2D eigenvalue weighted by atomic mass is 35.5. The van der Waals surface area contributed by atoms with Gasteiger partial charge in [0.15, 0.2) is 0 Å². The summed E-state index contributed by atoms with van der Waals surface area (Å²) in [5.41, 5.74) is 2.91. The van der Waals surface area contributed by atoms with E-state index in [1.54, 1.807) is 22.7 Å². The monoisotopic (exact) mass is 385 g/mol. The van der Waals surface area contributed by atoms with Crippen LogP contribution in [0.3, 0.4) is 0 Å². The Morgan fingerprint density at radius 1 is 1.50 bits per heavy atom. The number of hydrogen-bond donors (Lipinski definition) is 1. The van der Waals surface area contributed by atoms with Gasteiger partial charge in [0.1, 0.15) is 0 Å². The Morgan fingerprint density at radius 3 is 2.92 bits per heavy atom. The Bertz CT molecular complexity index is 638. The second kappa shape index (κ2) is 8.94. The fourth-order valence-electron chi connectivity index (χ4n) is 3.00.